The van der Waals surface area contributed by atoms with Crippen molar-refractivity contribution in [3.8, 4) is 34.4 Å². The zero-order chi connectivity index (χ0) is 32.8. The van der Waals surface area contributed by atoms with Crippen LogP contribution in [0.2, 0.25) is 0 Å². The standard InChI is InChI=1S/C34H43N7O6/c1-44-28-9-3-4-10-30(28)47-24-33(43)39-16-6-5-15-38(32(42)11-7-18-41-26-35-25-37-41)17-8-22-46-31-23-27(12-13-29(31)45-2)34-36-14-19-40(34)21-20-39/h3-4,9-10,12-14,19,23,25-26H,5-8,11,15-18,20-22,24H2,1-2H3. The zero-order valence-corrected chi connectivity index (χ0v) is 27.1. The van der Waals surface area contributed by atoms with Crippen LogP contribution in [0.4, 0.5) is 0 Å². The lowest BCUT2D eigenvalue weighted by Gasteiger charge is -2.26. The van der Waals surface area contributed by atoms with Gasteiger partial charge in [0.15, 0.2) is 29.6 Å². The van der Waals surface area contributed by atoms with Crippen molar-refractivity contribution in [2.45, 2.75) is 45.2 Å². The van der Waals surface area contributed by atoms with Gasteiger partial charge in [-0.2, -0.15) is 5.10 Å². The number of hydrogen-bond acceptors (Lipinski definition) is 9. The summed E-state index contributed by atoms with van der Waals surface area (Å²) in [5, 5.41) is 4.13. The normalized spacial score (nSPS) is 14.4. The molecule has 13 heteroatoms. The number of carbonyl (C=O) groups is 2. The Morgan fingerprint density at radius 3 is 2.40 bits per heavy atom. The molecule has 0 spiro atoms. The highest BCUT2D eigenvalue weighted by Gasteiger charge is 2.19. The first kappa shape index (κ1) is 33.3. The minimum Gasteiger partial charge on any atom is -0.493 e. The Morgan fingerprint density at radius 2 is 1.64 bits per heavy atom. The summed E-state index contributed by atoms with van der Waals surface area (Å²) in [6.07, 6.45) is 10.0. The molecule has 0 saturated heterocycles. The maximum Gasteiger partial charge on any atom is 0.260 e. The molecule has 3 heterocycles. The molecule has 5 rings (SSSR count). The molecule has 2 aromatic heterocycles. The van der Waals surface area contributed by atoms with Crippen LogP contribution in [0.15, 0.2) is 67.5 Å². The number of carbonyl (C=O) groups excluding carboxylic acids is 2. The molecular formula is C34H43N7O6. The molecule has 0 fully saturated rings. The minimum absolute atomic E-state index is 0.0891. The monoisotopic (exact) mass is 645 g/mol. The third kappa shape index (κ3) is 9.24. The molecule has 2 bridgehead atoms. The second-order valence-electron chi connectivity index (χ2n) is 11.2. The second kappa shape index (κ2) is 17.0. The number of nitrogens with zero attached hydrogens (tertiary/aromatic N) is 7. The van der Waals surface area contributed by atoms with Crippen LogP contribution in [0.5, 0.6) is 23.0 Å². The van der Waals surface area contributed by atoms with E-state index in [0.29, 0.717) is 88.1 Å². The van der Waals surface area contributed by atoms with E-state index >= 15 is 0 Å². The molecule has 4 aromatic rings. The number of aryl methyl sites for hydroxylation is 1. The number of aromatic nitrogens is 5. The number of ether oxygens (including phenoxy) is 4. The molecule has 2 amide bonds. The number of fused-ring (bicyclic) bond motifs is 4. The first-order chi connectivity index (χ1) is 23.1. The van der Waals surface area contributed by atoms with Gasteiger partial charge in [-0.15, -0.1) is 0 Å². The number of para-hydroxylation sites is 2. The Labute approximate surface area is 275 Å². The SMILES string of the molecule is COc1ccc2cc1OCCCN(C(=O)CCCn1cncn1)CCCCN(C(=O)COc1ccccc1OC)CCn1ccnc1-2. The van der Waals surface area contributed by atoms with Gasteiger partial charge in [0.1, 0.15) is 18.5 Å². The van der Waals surface area contributed by atoms with Gasteiger partial charge in [-0.25, -0.2) is 9.97 Å². The van der Waals surface area contributed by atoms with Crippen LogP contribution in [-0.4, -0.2) is 99.5 Å². The molecule has 0 unspecified atom stereocenters. The fourth-order valence-electron chi connectivity index (χ4n) is 5.54. The van der Waals surface area contributed by atoms with Crippen molar-refractivity contribution in [1.29, 1.82) is 0 Å². The predicted molar refractivity (Wildman–Crippen MR) is 174 cm³/mol. The quantitative estimate of drug-likeness (QED) is 0.266. The van der Waals surface area contributed by atoms with Gasteiger partial charge < -0.3 is 33.3 Å². The van der Waals surface area contributed by atoms with E-state index in [9.17, 15) is 9.59 Å². The Kier molecular flexibility index (Phi) is 12.1. The molecule has 47 heavy (non-hydrogen) atoms. The summed E-state index contributed by atoms with van der Waals surface area (Å²) in [6.45, 7) is 3.61. The predicted octanol–water partition coefficient (Wildman–Crippen LogP) is 3.94. The van der Waals surface area contributed by atoms with Gasteiger partial charge in [-0.3, -0.25) is 14.3 Å². The fourth-order valence-corrected chi connectivity index (χ4v) is 5.54. The molecule has 2 aromatic carbocycles. The summed E-state index contributed by atoms with van der Waals surface area (Å²) < 4.78 is 26.8. The van der Waals surface area contributed by atoms with Gasteiger partial charge in [0, 0.05) is 63.6 Å². The van der Waals surface area contributed by atoms with Crippen LogP contribution in [0.3, 0.4) is 0 Å². The molecule has 0 saturated carbocycles. The van der Waals surface area contributed by atoms with Gasteiger partial charge in [0.05, 0.1) is 20.8 Å². The number of methoxy groups -OCH3 is 2. The first-order valence-electron chi connectivity index (χ1n) is 16.0. The number of hydrogen-bond donors (Lipinski definition) is 0. The van der Waals surface area contributed by atoms with Crippen molar-refractivity contribution in [3.05, 3.63) is 67.5 Å². The number of benzene rings is 2. The van der Waals surface area contributed by atoms with Crippen molar-refractivity contribution < 1.29 is 28.5 Å². The van der Waals surface area contributed by atoms with Crippen LogP contribution in [0, 0.1) is 0 Å². The van der Waals surface area contributed by atoms with Gasteiger partial charge in [-0.1, -0.05) is 12.1 Å². The molecule has 0 aliphatic carbocycles. The van der Waals surface area contributed by atoms with E-state index in [0.717, 1.165) is 24.2 Å². The van der Waals surface area contributed by atoms with Crippen LogP contribution < -0.4 is 18.9 Å². The topological polar surface area (TPSA) is 126 Å². The average Bonchev–Trinajstić information content (AvgIpc) is 3.80. The molecule has 250 valence electrons. The number of rotatable bonds is 9. The lowest BCUT2D eigenvalue weighted by Crippen LogP contribution is -2.38. The highest BCUT2D eigenvalue weighted by Crippen LogP contribution is 2.32. The Morgan fingerprint density at radius 1 is 0.872 bits per heavy atom. The van der Waals surface area contributed by atoms with Crippen LogP contribution in [0.25, 0.3) is 11.4 Å². The van der Waals surface area contributed by atoms with E-state index in [1.54, 1.807) is 43.6 Å². The maximum absolute atomic E-state index is 13.5. The lowest BCUT2D eigenvalue weighted by atomic mass is 10.2. The lowest BCUT2D eigenvalue weighted by molar-refractivity contribution is -0.134. The zero-order valence-electron chi connectivity index (χ0n) is 27.1. The van der Waals surface area contributed by atoms with Gasteiger partial charge >= 0.3 is 0 Å². The third-order valence-electron chi connectivity index (χ3n) is 8.05. The summed E-state index contributed by atoms with van der Waals surface area (Å²) in [4.78, 5) is 39.2. The highest BCUT2D eigenvalue weighted by molar-refractivity contribution is 5.78. The van der Waals surface area contributed by atoms with E-state index in [1.807, 2.05) is 50.9 Å². The Balaban J connectivity index is 1.31. The number of imidazole rings is 1. The number of amides is 2. The van der Waals surface area contributed by atoms with E-state index in [4.69, 9.17) is 18.9 Å². The van der Waals surface area contributed by atoms with Crippen LogP contribution >= 0.6 is 0 Å². The van der Waals surface area contributed by atoms with Crippen LogP contribution in [-0.2, 0) is 22.7 Å². The van der Waals surface area contributed by atoms with Crippen LogP contribution in [0.1, 0.15) is 32.1 Å². The van der Waals surface area contributed by atoms with E-state index < -0.39 is 0 Å². The fraction of sp³-hybridized carbons (Fsp3) is 0.441. The minimum atomic E-state index is -0.128. The van der Waals surface area contributed by atoms with Gasteiger partial charge in [-0.05, 0) is 56.0 Å². The Hall–Kier alpha value is -5.07. The average molecular weight is 646 g/mol. The summed E-state index contributed by atoms with van der Waals surface area (Å²) in [7, 11) is 3.18. The molecule has 0 N–H and O–H groups in total. The molecule has 0 radical (unpaired) electrons. The molecule has 1 aliphatic heterocycles. The maximum atomic E-state index is 13.5. The van der Waals surface area contributed by atoms with Crippen molar-refractivity contribution in [2.75, 3.05) is 53.6 Å². The molecular weight excluding hydrogens is 602 g/mol. The van der Waals surface area contributed by atoms with Crippen molar-refractivity contribution in [2.24, 2.45) is 0 Å². The molecule has 13 nitrogen and oxygen atoms in total. The summed E-state index contributed by atoms with van der Waals surface area (Å²) in [6, 6.07) is 13.0. The van der Waals surface area contributed by atoms with Gasteiger partial charge in [0.25, 0.3) is 5.91 Å². The summed E-state index contributed by atoms with van der Waals surface area (Å²) in [5.41, 5.74) is 0.872. The largest absolute Gasteiger partial charge is 0.493 e. The molecule has 0 atom stereocenters. The van der Waals surface area contributed by atoms with Crippen molar-refractivity contribution in [1.82, 2.24) is 34.1 Å². The van der Waals surface area contributed by atoms with Gasteiger partial charge in [0.2, 0.25) is 5.91 Å². The van der Waals surface area contributed by atoms with E-state index in [-0.39, 0.29) is 18.4 Å². The van der Waals surface area contributed by atoms with Crippen molar-refractivity contribution >= 4 is 11.8 Å². The van der Waals surface area contributed by atoms with E-state index in [1.165, 1.54) is 6.33 Å². The smallest absolute Gasteiger partial charge is 0.260 e. The van der Waals surface area contributed by atoms with Crippen molar-refractivity contribution in [3.63, 3.8) is 0 Å². The highest BCUT2D eigenvalue weighted by atomic mass is 16.5. The van der Waals surface area contributed by atoms with E-state index in [2.05, 4.69) is 15.1 Å². The molecule has 1 aliphatic rings. The second-order valence-corrected chi connectivity index (χ2v) is 11.2. The summed E-state index contributed by atoms with van der Waals surface area (Å²) >= 11 is 0. The third-order valence-corrected chi connectivity index (χ3v) is 8.05. The first-order valence-corrected chi connectivity index (χ1v) is 16.0. The summed E-state index contributed by atoms with van der Waals surface area (Å²) in [5.74, 6) is 3.05. The Bertz CT molecular complexity index is 1570.